The number of amides is 1. The first-order valence-corrected chi connectivity index (χ1v) is 6.80. The van der Waals surface area contributed by atoms with E-state index in [1.54, 1.807) is 0 Å². The van der Waals surface area contributed by atoms with Crippen LogP contribution in [0, 0.1) is 11.8 Å². The van der Waals surface area contributed by atoms with Crippen LogP contribution in [0.4, 0.5) is 0 Å². The molecule has 2 rings (SSSR count). The van der Waals surface area contributed by atoms with E-state index in [2.05, 4.69) is 5.32 Å². The first-order chi connectivity index (χ1) is 7.81. The van der Waals surface area contributed by atoms with Crippen molar-refractivity contribution in [3.8, 4) is 0 Å². The van der Waals surface area contributed by atoms with Gasteiger partial charge in [-0.3, -0.25) is 4.79 Å². The molecule has 1 aliphatic heterocycles. The van der Waals surface area contributed by atoms with Crippen molar-refractivity contribution < 1.29 is 9.53 Å². The maximum absolute atomic E-state index is 11.7. The Bertz CT molecular complexity index is 241. The molecule has 3 nitrogen and oxygen atoms in total. The summed E-state index contributed by atoms with van der Waals surface area (Å²) in [6.07, 6.45) is 5.34. The maximum atomic E-state index is 11.7. The van der Waals surface area contributed by atoms with Gasteiger partial charge in [0.05, 0.1) is 0 Å². The summed E-state index contributed by atoms with van der Waals surface area (Å²) in [4.78, 5) is 11.7. The van der Waals surface area contributed by atoms with Crippen LogP contribution in [-0.2, 0) is 9.53 Å². The number of hydrogen-bond donors (Lipinski definition) is 1. The lowest BCUT2D eigenvalue weighted by Crippen LogP contribution is -2.38. The smallest absolute Gasteiger partial charge is 0.249 e. The molecule has 3 unspecified atom stereocenters. The molecule has 16 heavy (non-hydrogen) atoms. The van der Waals surface area contributed by atoms with Gasteiger partial charge in [-0.1, -0.05) is 6.42 Å². The molecule has 0 aromatic carbocycles. The molecule has 0 spiro atoms. The third kappa shape index (κ3) is 2.89. The van der Waals surface area contributed by atoms with Gasteiger partial charge >= 0.3 is 0 Å². The van der Waals surface area contributed by atoms with E-state index in [9.17, 15) is 4.79 Å². The first kappa shape index (κ1) is 12.2. The van der Waals surface area contributed by atoms with Crippen LogP contribution in [0.15, 0.2) is 0 Å². The van der Waals surface area contributed by atoms with Gasteiger partial charge in [0.1, 0.15) is 6.10 Å². The van der Waals surface area contributed by atoms with E-state index in [-0.39, 0.29) is 12.0 Å². The van der Waals surface area contributed by atoms with Gasteiger partial charge in [0.25, 0.3) is 0 Å². The van der Waals surface area contributed by atoms with E-state index < -0.39 is 0 Å². The summed E-state index contributed by atoms with van der Waals surface area (Å²) in [6.45, 7) is 1.50. The van der Waals surface area contributed by atoms with Crippen molar-refractivity contribution in [1.29, 1.82) is 0 Å². The number of nitrogens with one attached hydrogen (secondary N) is 1. The molecular weight excluding hydrogens is 226 g/mol. The van der Waals surface area contributed by atoms with E-state index in [0.717, 1.165) is 31.9 Å². The fraction of sp³-hybridized carbons (Fsp3) is 0.917. The SMILES string of the molecule is O=C(NCC1CCCC1CCl)C1CCCO1. The number of carbonyl (C=O) groups excluding carboxylic acids is 1. The van der Waals surface area contributed by atoms with Crippen molar-refractivity contribution in [2.75, 3.05) is 19.0 Å². The summed E-state index contributed by atoms with van der Waals surface area (Å²) in [5.74, 6) is 1.95. The zero-order valence-corrected chi connectivity index (χ0v) is 10.3. The number of halogens is 1. The highest BCUT2D eigenvalue weighted by molar-refractivity contribution is 6.18. The summed E-state index contributed by atoms with van der Waals surface area (Å²) in [5.41, 5.74) is 0. The van der Waals surface area contributed by atoms with E-state index in [1.165, 1.54) is 19.3 Å². The average molecular weight is 246 g/mol. The summed E-state index contributed by atoms with van der Waals surface area (Å²) >= 11 is 5.91. The van der Waals surface area contributed by atoms with Crippen molar-refractivity contribution >= 4 is 17.5 Å². The third-order valence-electron chi connectivity index (χ3n) is 3.78. The molecule has 2 fully saturated rings. The van der Waals surface area contributed by atoms with Crippen LogP contribution in [0.3, 0.4) is 0 Å². The van der Waals surface area contributed by atoms with Crippen molar-refractivity contribution in [2.45, 2.75) is 38.2 Å². The molecule has 0 aromatic heterocycles. The zero-order valence-electron chi connectivity index (χ0n) is 9.58. The van der Waals surface area contributed by atoms with Crippen molar-refractivity contribution in [3.63, 3.8) is 0 Å². The average Bonchev–Trinajstić information content (AvgIpc) is 2.96. The van der Waals surface area contributed by atoms with Crippen LogP contribution in [0.5, 0.6) is 0 Å². The van der Waals surface area contributed by atoms with E-state index >= 15 is 0 Å². The quantitative estimate of drug-likeness (QED) is 0.769. The Kier molecular flexibility index (Phi) is 4.47. The lowest BCUT2D eigenvalue weighted by atomic mass is 9.98. The Morgan fingerprint density at radius 3 is 2.75 bits per heavy atom. The Morgan fingerprint density at radius 2 is 2.06 bits per heavy atom. The highest BCUT2D eigenvalue weighted by Crippen LogP contribution is 2.32. The normalized spacial score (nSPS) is 34.2. The fourth-order valence-electron chi connectivity index (χ4n) is 2.72. The van der Waals surface area contributed by atoms with Gasteiger partial charge in [0.2, 0.25) is 5.91 Å². The summed E-state index contributed by atoms with van der Waals surface area (Å²) in [7, 11) is 0. The molecule has 1 N–H and O–H groups in total. The second-order valence-corrected chi connectivity index (χ2v) is 5.16. The molecule has 0 aromatic rings. The van der Waals surface area contributed by atoms with E-state index in [0.29, 0.717) is 11.8 Å². The minimum absolute atomic E-state index is 0.0673. The molecule has 0 bridgehead atoms. The second-order valence-electron chi connectivity index (χ2n) is 4.85. The number of rotatable bonds is 4. The van der Waals surface area contributed by atoms with Gasteiger partial charge in [0, 0.05) is 19.0 Å². The number of alkyl halides is 1. The predicted molar refractivity (Wildman–Crippen MR) is 63.5 cm³/mol. The lowest BCUT2D eigenvalue weighted by molar-refractivity contribution is -0.130. The van der Waals surface area contributed by atoms with E-state index in [4.69, 9.17) is 16.3 Å². The molecule has 1 heterocycles. The van der Waals surface area contributed by atoms with Crippen LogP contribution in [0.1, 0.15) is 32.1 Å². The lowest BCUT2D eigenvalue weighted by Gasteiger charge is -2.18. The highest BCUT2D eigenvalue weighted by Gasteiger charge is 2.28. The van der Waals surface area contributed by atoms with E-state index in [1.807, 2.05) is 0 Å². The number of hydrogen-bond acceptors (Lipinski definition) is 2. The monoisotopic (exact) mass is 245 g/mol. The molecular formula is C12H20ClNO2. The maximum Gasteiger partial charge on any atom is 0.249 e. The summed E-state index contributed by atoms with van der Waals surface area (Å²) in [6, 6.07) is 0. The van der Waals surface area contributed by atoms with Crippen LogP contribution in [0.2, 0.25) is 0 Å². The van der Waals surface area contributed by atoms with Crippen LogP contribution in [0.25, 0.3) is 0 Å². The van der Waals surface area contributed by atoms with Crippen LogP contribution < -0.4 is 5.32 Å². The number of ether oxygens (including phenoxy) is 1. The Morgan fingerprint density at radius 1 is 1.25 bits per heavy atom. The summed E-state index contributed by atoms with van der Waals surface area (Å²) < 4.78 is 5.34. The largest absolute Gasteiger partial charge is 0.368 e. The highest BCUT2D eigenvalue weighted by atomic mass is 35.5. The molecule has 4 heteroatoms. The van der Waals surface area contributed by atoms with Gasteiger partial charge in [-0.05, 0) is 37.5 Å². The minimum Gasteiger partial charge on any atom is -0.368 e. The molecule has 92 valence electrons. The molecule has 2 aliphatic rings. The summed E-state index contributed by atoms with van der Waals surface area (Å²) in [5, 5.41) is 3.01. The minimum atomic E-state index is -0.198. The fourth-order valence-corrected chi connectivity index (χ4v) is 3.12. The Hall–Kier alpha value is -0.280. The van der Waals surface area contributed by atoms with Gasteiger partial charge in [0.15, 0.2) is 0 Å². The van der Waals surface area contributed by atoms with Crippen molar-refractivity contribution in [3.05, 3.63) is 0 Å². The van der Waals surface area contributed by atoms with Crippen LogP contribution >= 0.6 is 11.6 Å². The van der Waals surface area contributed by atoms with Gasteiger partial charge in [-0.15, -0.1) is 11.6 Å². The molecule has 0 radical (unpaired) electrons. The topological polar surface area (TPSA) is 38.3 Å². The predicted octanol–water partition coefficient (Wildman–Crippen LogP) is 1.94. The first-order valence-electron chi connectivity index (χ1n) is 6.26. The Labute approximate surface area is 102 Å². The zero-order chi connectivity index (χ0) is 11.4. The molecule has 1 aliphatic carbocycles. The second kappa shape index (κ2) is 5.87. The van der Waals surface area contributed by atoms with Gasteiger partial charge in [-0.2, -0.15) is 0 Å². The van der Waals surface area contributed by atoms with Crippen molar-refractivity contribution in [2.24, 2.45) is 11.8 Å². The van der Waals surface area contributed by atoms with Gasteiger partial charge in [-0.25, -0.2) is 0 Å². The third-order valence-corrected chi connectivity index (χ3v) is 4.17. The molecule has 3 atom stereocenters. The van der Waals surface area contributed by atoms with Crippen molar-refractivity contribution in [1.82, 2.24) is 5.32 Å². The van der Waals surface area contributed by atoms with Gasteiger partial charge < -0.3 is 10.1 Å². The standard InChI is InChI=1S/C12H20ClNO2/c13-7-9-3-1-4-10(9)8-14-12(15)11-5-2-6-16-11/h9-11H,1-8H2,(H,14,15). The van der Waals surface area contributed by atoms with Crippen LogP contribution in [-0.4, -0.2) is 31.0 Å². The molecule has 1 saturated carbocycles. The molecule has 1 saturated heterocycles. The Balaban J connectivity index is 1.71. The molecule has 1 amide bonds. The number of carbonyl (C=O) groups is 1.